The molecule has 1 aromatic rings. The van der Waals surface area contributed by atoms with Crippen molar-refractivity contribution >= 4 is 29.4 Å². The molecule has 0 unspecified atom stereocenters. The summed E-state index contributed by atoms with van der Waals surface area (Å²) in [6.07, 6.45) is 0.881. The molecule has 8 heteroatoms. The molecule has 0 aliphatic carbocycles. The quantitative estimate of drug-likeness (QED) is 0.786. The molecule has 0 bridgehead atoms. The van der Waals surface area contributed by atoms with Crippen molar-refractivity contribution in [1.29, 1.82) is 0 Å². The Morgan fingerprint density at radius 1 is 1.15 bits per heavy atom. The number of aliphatic carboxylic acids is 1. The Kier molecular flexibility index (Phi) is 4.91. The molecule has 2 N–H and O–H groups in total. The van der Waals surface area contributed by atoms with E-state index in [1.165, 1.54) is 6.92 Å². The van der Waals surface area contributed by atoms with E-state index in [2.05, 4.69) is 5.32 Å². The van der Waals surface area contributed by atoms with Crippen LogP contribution in [0.1, 0.15) is 36.5 Å². The van der Waals surface area contributed by atoms with E-state index < -0.39 is 17.4 Å². The number of likely N-dealkylation sites (tertiary alicyclic amines) is 2. The van der Waals surface area contributed by atoms with Crippen LogP contribution in [0.3, 0.4) is 0 Å². The Bertz CT molecular complexity index is 781. The van der Waals surface area contributed by atoms with Crippen LogP contribution in [0.2, 0.25) is 0 Å². The summed E-state index contributed by atoms with van der Waals surface area (Å²) in [7, 11) is 1.65. The Balaban J connectivity index is 1.64. The summed E-state index contributed by atoms with van der Waals surface area (Å²) in [5.41, 5.74) is 0.437. The molecule has 3 amide bonds. The Morgan fingerprint density at radius 3 is 2.26 bits per heavy atom. The lowest BCUT2D eigenvalue weighted by atomic mass is 9.77. The zero-order chi connectivity index (χ0) is 19.8. The molecular weight excluding hydrogens is 350 g/mol. The Labute approximate surface area is 157 Å². The van der Waals surface area contributed by atoms with Gasteiger partial charge in [0.15, 0.2) is 5.78 Å². The smallest absolute Gasteiger partial charge is 0.321 e. The minimum Gasteiger partial charge on any atom is -0.481 e. The predicted octanol–water partition coefficient (Wildman–Crippen LogP) is 1.82. The van der Waals surface area contributed by atoms with Crippen molar-refractivity contribution in [3.05, 3.63) is 29.8 Å². The third-order valence-corrected chi connectivity index (χ3v) is 5.83. The van der Waals surface area contributed by atoms with Crippen molar-refractivity contribution in [2.45, 2.75) is 31.7 Å². The van der Waals surface area contributed by atoms with Gasteiger partial charge in [0.05, 0.1) is 11.5 Å². The minimum atomic E-state index is -0.962. The van der Waals surface area contributed by atoms with Crippen LogP contribution >= 0.6 is 0 Å². The van der Waals surface area contributed by atoms with E-state index in [9.17, 15) is 24.3 Å². The van der Waals surface area contributed by atoms with E-state index in [0.29, 0.717) is 37.2 Å². The fourth-order valence-electron chi connectivity index (χ4n) is 4.07. The summed E-state index contributed by atoms with van der Waals surface area (Å²) >= 11 is 0. The summed E-state index contributed by atoms with van der Waals surface area (Å²) in [4.78, 5) is 50.6. The largest absolute Gasteiger partial charge is 0.481 e. The number of rotatable bonds is 3. The lowest BCUT2D eigenvalue weighted by molar-refractivity contribution is -0.145. The predicted molar refractivity (Wildman–Crippen MR) is 97.5 cm³/mol. The van der Waals surface area contributed by atoms with Gasteiger partial charge in [-0.3, -0.25) is 14.4 Å². The van der Waals surface area contributed by atoms with Crippen LogP contribution in [-0.4, -0.2) is 64.3 Å². The lowest BCUT2D eigenvalue weighted by Gasteiger charge is -2.45. The fraction of sp³-hybridized carbons (Fsp3) is 0.474. The summed E-state index contributed by atoms with van der Waals surface area (Å²) in [6, 6.07) is 6.37. The number of amides is 3. The average molecular weight is 373 g/mol. The van der Waals surface area contributed by atoms with E-state index in [-0.39, 0.29) is 24.1 Å². The number of ketones is 1. The van der Waals surface area contributed by atoms with Crippen molar-refractivity contribution in [3.63, 3.8) is 0 Å². The van der Waals surface area contributed by atoms with E-state index in [4.69, 9.17) is 0 Å². The molecule has 2 aliphatic rings. The number of urea groups is 1. The van der Waals surface area contributed by atoms with Crippen LogP contribution < -0.4 is 5.32 Å². The van der Waals surface area contributed by atoms with Crippen molar-refractivity contribution in [2.75, 3.05) is 25.5 Å². The molecule has 1 atom stereocenters. The van der Waals surface area contributed by atoms with Crippen molar-refractivity contribution in [2.24, 2.45) is 5.92 Å². The number of carbonyl (C=O) groups is 4. The maximum Gasteiger partial charge on any atom is 0.321 e. The SMILES string of the molecule is CC(=O)c1ccc(NC(=O)N2CCC3(CC2)[C@@H](C(=O)O)CC(=O)N3C)cc1. The van der Waals surface area contributed by atoms with Gasteiger partial charge in [0.1, 0.15) is 0 Å². The highest BCUT2D eigenvalue weighted by atomic mass is 16.4. The van der Waals surface area contributed by atoms with Crippen LogP contribution in [0, 0.1) is 5.92 Å². The molecule has 2 fully saturated rings. The van der Waals surface area contributed by atoms with Crippen LogP contribution in [0.5, 0.6) is 0 Å². The van der Waals surface area contributed by atoms with Gasteiger partial charge in [0, 0.05) is 37.8 Å². The molecule has 2 saturated heterocycles. The summed E-state index contributed by atoms with van der Waals surface area (Å²) < 4.78 is 0. The van der Waals surface area contributed by atoms with E-state index in [1.54, 1.807) is 41.1 Å². The lowest BCUT2D eigenvalue weighted by Crippen LogP contribution is -2.57. The van der Waals surface area contributed by atoms with Gasteiger partial charge in [0.2, 0.25) is 5.91 Å². The highest BCUT2D eigenvalue weighted by Gasteiger charge is 2.55. The number of hydrogen-bond donors (Lipinski definition) is 2. The molecule has 27 heavy (non-hydrogen) atoms. The van der Waals surface area contributed by atoms with E-state index in [1.807, 2.05) is 0 Å². The maximum absolute atomic E-state index is 12.5. The third-order valence-electron chi connectivity index (χ3n) is 5.83. The fourth-order valence-corrected chi connectivity index (χ4v) is 4.07. The number of hydrogen-bond acceptors (Lipinski definition) is 4. The summed E-state index contributed by atoms with van der Waals surface area (Å²) in [5.74, 6) is -1.90. The zero-order valence-corrected chi connectivity index (χ0v) is 15.4. The standard InChI is InChI=1S/C19H23N3O5/c1-12(23)13-3-5-14(6-4-13)20-18(27)22-9-7-19(8-10-22)15(17(25)26)11-16(24)21(19)2/h3-6,15H,7-11H2,1-2H3,(H,20,27)(H,25,26)/t15-/m1/s1. The maximum atomic E-state index is 12.5. The molecule has 0 saturated carbocycles. The van der Waals surface area contributed by atoms with Crippen LogP contribution in [-0.2, 0) is 9.59 Å². The van der Waals surface area contributed by atoms with Crippen molar-refractivity contribution in [3.8, 4) is 0 Å². The topological polar surface area (TPSA) is 107 Å². The average Bonchev–Trinajstić information content (AvgIpc) is 2.88. The number of carboxylic acids is 1. The molecule has 0 radical (unpaired) electrons. The van der Waals surface area contributed by atoms with Gasteiger partial charge in [-0.2, -0.15) is 0 Å². The molecule has 2 aliphatic heterocycles. The molecule has 2 heterocycles. The van der Waals surface area contributed by atoms with Gasteiger partial charge in [-0.25, -0.2) is 4.79 Å². The van der Waals surface area contributed by atoms with Gasteiger partial charge in [-0.05, 0) is 44.0 Å². The molecule has 3 rings (SSSR count). The number of anilines is 1. The first-order valence-electron chi connectivity index (χ1n) is 8.91. The third kappa shape index (κ3) is 3.39. The van der Waals surface area contributed by atoms with Crippen LogP contribution in [0.25, 0.3) is 0 Å². The normalized spacial score (nSPS) is 21.4. The second kappa shape index (κ2) is 7.02. The molecular formula is C19H23N3O5. The van der Waals surface area contributed by atoms with E-state index >= 15 is 0 Å². The highest BCUT2D eigenvalue weighted by Crippen LogP contribution is 2.42. The first-order valence-corrected chi connectivity index (χ1v) is 8.91. The summed E-state index contributed by atoms with van der Waals surface area (Å²) in [5, 5.41) is 12.3. The zero-order valence-electron chi connectivity index (χ0n) is 15.4. The number of carbonyl (C=O) groups excluding carboxylic acids is 3. The van der Waals surface area contributed by atoms with E-state index in [0.717, 1.165) is 0 Å². The number of nitrogens with zero attached hydrogens (tertiary/aromatic N) is 2. The number of carboxylic acid groups (broad SMARTS) is 1. The molecule has 8 nitrogen and oxygen atoms in total. The van der Waals surface area contributed by atoms with Gasteiger partial charge in [-0.1, -0.05) is 0 Å². The molecule has 1 spiro atoms. The Hall–Kier alpha value is -2.90. The number of benzene rings is 1. The first kappa shape index (κ1) is 18.9. The van der Waals surface area contributed by atoms with Gasteiger partial charge in [-0.15, -0.1) is 0 Å². The monoisotopic (exact) mass is 373 g/mol. The second-order valence-corrected chi connectivity index (χ2v) is 7.20. The first-order chi connectivity index (χ1) is 12.7. The number of Topliss-reactive ketones (excluding diaryl/α,β-unsaturated/α-hetero) is 1. The van der Waals surface area contributed by atoms with Crippen molar-refractivity contribution in [1.82, 2.24) is 9.80 Å². The highest BCUT2D eigenvalue weighted by molar-refractivity contribution is 5.95. The summed E-state index contributed by atoms with van der Waals surface area (Å²) in [6.45, 7) is 2.23. The van der Waals surface area contributed by atoms with Crippen LogP contribution in [0.15, 0.2) is 24.3 Å². The number of nitrogens with one attached hydrogen (secondary N) is 1. The van der Waals surface area contributed by atoms with Gasteiger partial charge < -0.3 is 20.2 Å². The van der Waals surface area contributed by atoms with Crippen LogP contribution in [0.4, 0.5) is 10.5 Å². The van der Waals surface area contributed by atoms with Crippen molar-refractivity contribution < 1.29 is 24.3 Å². The second-order valence-electron chi connectivity index (χ2n) is 7.20. The van der Waals surface area contributed by atoms with Gasteiger partial charge in [0.25, 0.3) is 0 Å². The minimum absolute atomic E-state index is 0.0144. The van der Waals surface area contributed by atoms with Gasteiger partial charge >= 0.3 is 12.0 Å². The molecule has 0 aromatic heterocycles. The molecule has 144 valence electrons. The number of piperidine rings is 1. The Morgan fingerprint density at radius 2 is 1.74 bits per heavy atom. The molecule has 1 aromatic carbocycles.